The topological polar surface area (TPSA) is 67.4 Å². The van der Waals surface area contributed by atoms with Gasteiger partial charge in [-0.3, -0.25) is 4.79 Å². The Labute approximate surface area is 105 Å². The van der Waals surface area contributed by atoms with Crippen molar-refractivity contribution in [1.82, 2.24) is 15.3 Å². The lowest BCUT2D eigenvalue weighted by Crippen LogP contribution is -2.37. The van der Waals surface area contributed by atoms with Crippen molar-refractivity contribution in [1.29, 1.82) is 0 Å². The number of morpholine rings is 1. The Morgan fingerprint density at radius 2 is 2.17 bits per heavy atom. The number of rotatable bonds is 3. The van der Waals surface area contributed by atoms with E-state index in [1.165, 1.54) is 0 Å². The molecule has 1 aliphatic carbocycles. The molecule has 6 nitrogen and oxygen atoms in total. The Morgan fingerprint density at radius 1 is 1.39 bits per heavy atom. The molecule has 0 radical (unpaired) electrons. The maximum absolute atomic E-state index is 11.9. The summed E-state index contributed by atoms with van der Waals surface area (Å²) in [6.07, 6.45) is 3.79. The van der Waals surface area contributed by atoms with Gasteiger partial charge in [-0.1, -0.05) is 0 Å². The molecule has 1 saturated heterocycles. The summed E-state index contributed by atoms with van der Waals surface area (Å²) in [6, 6.07) is 2.00. The Morgan fingerprint density at radius 3 is 2.89 bits per heavy atom. The van der Waals surface area contributed by atoms with Gasteiger partial charge in [0.25, 0.3) is 5.91 Å². The molecular formula is C12H16N4O2. The quantitative estimate of drug-likeness (QED) is 0.828. The van der Waals surface area contributed by atoms with Crippen molar-refractivity contribution in [3.8, 4) is 0 Å². The Balaban J connectivity index is 1.72. The van der Waals surface area contributed by atoms with Gasteiger partial charge in [0.1, 0.15) is 5.69 Å². The monoisotopic (exact) mass is 248 g/mol. The smallest absolute Gasteiger partial charge is 0.270 e. The van der Waals surface area contributed by atoms with Crippen molar-refractivity contribution in [3.63, 3.8) is 0 Å². The first-order chi connectivity index (χ1) is 8.83. The van der Waals surface area contributed by atoms with E-state index in [9.17, 15) is 4.79 Å². The van der Waals surface area contributed by atoms with Crippen LogP contribution in [0.4, 0.5) is 5.95 Å². The highest BCUT2D eigenvalue weighted by Gasteiger charge is 2.24. The predicted octanol–water partition coefficient (Wildman–Crippen LogP) is 0.205. The average molecular weight is 248 g/mol. The molecule has 18 heavy (non-hydrogen) atoms. The Kier molecular flexibility index (Phi) is 3.10. The number of carbonyl (C=O) groups is 1. The van der Waals surface area contributed by atoms with Crippen LogP contribution in [0.2, 0.25) is 0 Å². The van der Waals surface area contributed by atoms with Gasteiger partial charge >= 0.3 is 0 Å². The summed E-state index contributed by atoms with van der Waals surface area (Å²) < 4.78 is 5.28. The van der Waals surface area contributed by atoms with E-state index in [-0.39, 0.29) is 5.91 Å². The van der Waals surface area contributed by atoms with Crippen molar-refractivity contribution in [3.05, 3.63) is 18.0 Å². The third kappa shape index (κ3) is 2.59. The Hall–Kier alpha value is -1.69. The van der Waals surface area contributed by atoms with E-state index < -0.39 is 0 Å². The van der Waals surface area contributed by atoms with E-state index >= 15 is 0 Å². The predicted molar refractivity (Wildman–Crippen MR) is 65.6 cm³/mol. The molecule has 2 aliphatic rings. The molecule has 1 aliphatic heterocycles. The molecule has 1 saturated carbocycles. The van der Waals surface area contributed by atoms with E-state index in [2.05, 4.69) is 15.3 Å². The number of ether oxygens (including phenoxy) is 1. The van der Waals surface area contributed by atoms with Crippen molar-refractivity contribution >= 4 is 11.9 Å². The fraction of sp³-hybridized carbons (Fsp3) is 0.583. The molecule has 6 heteroatoms. The van der Waals surface area contributed by atoms with Gasteiger partial charge in [-0.15, -0.1) is 0 Å². The van der Waals surface area contributed by atoms with Crippen LogP contribution in [0.3, 0.4) is 0 Å². The second kappa shape index (κ2) is 4.89. The Bertz CT molecular complexity index is 441. The van der Waals surface area contributed by atoms with Crippen LogP contribution in [0.5, 0.6) is 0 Å². The maximum Gasteiger partial charge on any atom is 0.270 e. The van der Waals surface area contributed by atoms with Crippen molar-refractivity contribution in [2.45, 2.75) is 18.9 Å². The molecule has 0 bridgehead atoms. The van der Waals surface area contributed by atoms with Gasteiger partial charge in [-0.05, 0) is 18.9 Å². The molecule has 96 valence electrons. The number of anilines is 1. The molecular weight excluding hydrogens is 232 g/mol. The third-order valence-electron chi connectivity index (χ3n) is 3.08. The molecule has 2 heterocycles. The standard InChI is InChI=1S/C12H16N4O2/c17-11(14-9-1-2-9)10-3-4-13-12(15-10)16-5-7-18-8-6-16/h3-4,9H,1-2,5-8H2,(H,14,17). The number of aromatic nitrogens is 2. The lowest BCUT2D eigenvalue weighted by molar-refractivity contribution is 0.0945. The zero-order valence-corrected chi connectivity index (χ0v) is 10.1. The summed E-state index contributed by atoms with van der Waals surface area (Å²) in [6.45, 7) is 2.91. The third-order valence-corrected chi connectivity index (χ3v) is 3.08. The zero-order valence-electron chi connectivity index (χ0n) is 10.1. The van der Waals surface area contributed by atoms with Crippen LogP contribution >= 0.6 is 0 Å². The summed E-state index contributed by atoms with van der Waals surface area (Å²) in [7, 11) is 0. The van der Waals surface area contributed by atoms with Gasteiger partial charge in [-0.2, -0.15) is 0 Å². The zero-order chi connectivity index (χ0) is 12.4. The van der Waals surface area contributed by atoms with Gasteiger partial charge in [-0.25, -0.2) is 9.97 Å². The van der Waals surface area contributed by atoms with Gasteiger partial charge in [0.15, 0.2) is 0 Å². The van der Waals surface area contributed by atoms with Crippen molar-refractivity contribution < 1.29 is 9.53 Å². The van der Waals surface area contributed by atoms with Gasteiger partial charge in [0.05, 0.1) is 13.2 Å². The number of nitrogens with zero attached hydrogens (tertiary/aromatic N) is 3. The summed E-state index contributed by atoms with van der Waals surface area (Å²) in [5.74, 6) is 0.510. The second-order valence-corrected chi connectivity index (χ2v) is 4.59. The van der Waals surface area contributed by atoms with Crippen LogP contribution in [0, 0.1) is 0 Å². The number of amides is 1. The summed E-state index contributed by atoms with van der Waals surface area (Å²) >= 11 is 0. The minimum absolute atomic E-state index is 0.102. The second-order valence-electron chi connectivity index (χ2n) is 4.59. The van der Waals surface area contributed by atoms with E-state index in [1.807, 2.05) is 4.90 Å². The number of nitrogens with one attached hydrogen (secondary N) is 1. The van der Waals surface area contributed by atoms with Crippen LogP contribution in [0.15, 0.2) is 12.3 Å². The molecule has 1 amide bonds. The van der Waals surface area contributed by atoms with E-state index in [0.717, 1.165) is 25.9 Å². The minimum Gasteiger partial charge on any atom is -0.378 e. The summed E-state index contributed by atoms with van der Waals surface area (Å²) in [4.78, 5) is 22.5. The molecule has 1 aromatic rings. The van der Waals surface area contributed by atoms with Crippen LogP contribution in [0.1, 0.15) is 23.3 Å². The first kappa shape index (κ1) is 11.4. The van der Waals surface area contributed by atoms with Crippen molar-refractivity contribution in [2.24, 2.45) is 0 Å². The highest BCUT2D eigenvalue weighted by Crippen LogP contribution is 2.19. The van der Waals surface area contributed by atoms with E-state index in [1.54, 1.807) is 12.3 Å². The lowest BCUT2D eigenvalue weighted by atomic mass is 10.3. The summed E-state index contributed by atoms with van der Waals surface area (Å²) in [5.41, 5.74) is 0.443. The van der Waals surface area contributed by atoms with E-state index in [4.69, 9.17) is 4.74 Å². The first-order valence-corrected chi connectivity index (χ1v) is 6.29. The molecule has 1 aromatic heterocycles. The van der Waals surface area contributed by atoms with E-state index in [0.29, 0.717) is 30.9 Å². The number of hydrogen-bond donors (Lipinski definition) is 1. The van der Waals surface area contributed by atoms with Crippen LogP contribution < -0.4 is 10.2 Å². The fourth-order valence-corrected chi connectivity index (χ4v) is 1.88. The molecule has 0 spiro atoms. The maximum atomic E-state index is 11.9. The largest absolute Gasteiger partial charge is 0.378 e. The average Bonchev–Trinajstić information content (AvgIpc) is 3.24. The van der Waals surface area contributed by atoms with Crippen LogP contribution in [0.25, 0.3) is 0 Å². The normalized spacial score (nSPS) is 19.7. The van der Waals surface area contributed by atoms with Crippen LogP contribution in [-0.4, -0.2) is 48.2 Å². The van der Waals surface area contributed by atoms with Gasteiger partial charge in [0.2, 0.25) is 5.95 Å². The number of carbonyl (C=O) groups excluding carboxylic acids is 1. The number of hydrogen-bond acceptors (Lipinski definition) is 5. The first-order valence-electron chi connectivity index (χ1n) is 6.29. The molecule has 0 atom stereocenters. The van der Waals surface area contributed by atoms with Crippen LogP contribution in [-0.2, 0) is 4.74 Å². The molecule has 0 aromatic carbocycles. The molecule has 0 unspecified atom stereocenters. The SMILES string of the molecule is O=C(NC1CC1)c1ccnc(N2CCOCC2)n1. The lowest BCUT2D eigenvalue weighted by Gasteiger charge is -2.26. The molecule has 1 N–H and O–H groups in total. The molecule has 3 rings (SSSR count). The van der Waals surface area contributed by atoms with Crippen molar-refractivity contribution in [2.75, 3.05) is 31.2 Å². The minimum atomic E-state index is -0.102. The molecule has 2 fully saturated rings. The highest BCUT2D eigenvalue weighted by molar-refractivity contribution is 5.92. The summed E-state index contributed by atoms with van der Waals surface area (Å²) in [5, 5.41) is 2.93. The fourth-order valence-electron chi connectivity index (χ4n) is 1.88. The highest BCUT2D eigenvalue weighted by atomic mass is 16.5. The van der Waals surface area contributed by atoms with Gasteiger partial charge in [0, 0.05) is 25.3 Å². The van der Waals surface area contributed by atoms with Gasteiger partial charge < -0.3 is 15.0 Å².